The molecule has 2 saturated heterocycles. The summed E-state index contributed by atoms with van der Waals surface area (Å²) in [7, 11) is 0. The number of halogens is 24. The lowest BCUT2D eigenvalue weighted by Crippen LogP contribution is -2.33. The number of hydrogen-bond acceptors (Lipinski definition) is 13. The molecule has 592 valence electrons. The zero-order valence-corrected chi connectivity index (χ0v) is 61.5. The number of nitrogens with one attached hydrogen (secondary N) is 3. The van der Waals surface area contributed by atoms with Gasteiger partial charge in [0.25, 0.3) is 0 Å². The lowest BCUT2D eigenvalue weighted by molar-refractivity contribution is -0.388. The van der Waals surface area contributed by atoms with Crippen LogP contribution in [0.4, 0.5) is 146 Å². The molecule has 6 N–H and O–H groups in total. The van der Waals surface area contributed by atoms with Crippen LogP contribution in [0.5, 0.6) is 0 Å². The minimum absolute atomic E-state index is 0.0356. The number of nitrogens with two attached hydrogens (primary N) is 1. The summed E-state index contributed by atoms with van der Waals surface area (Å²) in [5.41, 5.74) is 2.33. The second kappa shape index (κ2) is 42.6. The number of nitrogen functional groups attached to an aromatic ring is 1. The highest BCUT2D eigenvalue weighted by atomic mass is 127. The molecule has 0 aliphatic carbocycles. The molecule has 111 heavy (non-hydrogen) atoms. The monoisotopic (exact) mass is 1930 g/mol. The SMILES string of the molecule is CC(=O)NC[C@H]1CN(c2cc(F)c(I)c(F)c2F)C(=O)O1.Fc1ccc(F)c(F)c1.Nc1cc(F)cc(F)c1F.O=C(Nc1cc(F)c(I)c(F)c1F)OCc1ccccc1.O=C(Nc1cc(F)cc(F)c1F)OCc1ccccc1.O=C1O[C@@H](CO)CN1c1cc(F)c(I)c(F)c1F.O=[N+]([O-])c1cc(F)cc(F)c1F. The minimum Gasteiger partial charge on any atom is -0.444 e. The molecule has 0 spiro atoms. The first kappa shape index (κ1) is 91.0. The van der Waals surface area contributed by atoms with E-state index in [4.69, 9.17) is 25.1 Å². The average molecular weight is 1930 g/mol. The fourth-order valence-electron chi connectivity index (χ4n) is 8.18. The topological polar surface area (TPSA) is 254 Å². The van der Waals surface area contributed by atoms with Gasteiger partial charge < -0.3 is 35.1 Å². The van der Waals surface area contributed by atoms with Crippen LogP contribution >= 0.6 is 67.8 Å². The quantitative estimate of drug-likeness (QED) is 0.0112. The van der Waals surface area contributed by atoms with E-state index in [0.29, 0.717) is 36.4 Å². The van der Waals surface area contributed by atoms with Gasteiger partial charge in [-0.3, -0.25) is 35.3 Å². The molecule has 9 aromatic rings. The standard InChI is InChI=1S/C14H9F3INO2.C14H10F3NO2.C12H10F3IN2O3.C10H7F3INO3.C6H2F3NO2.C6H4F3N.C6H3F3/c15-9-6-10(11(16)12(17)13(9)18)19-14(20)21-7-8-4-2-1-3-5-8;15-10-6-11(16)13(17)12(7-10)18-14(19)20-8-9-4-2-1-3-5-9;1-5(19)17-3-6-4-18(12(20)21-6)8-2-7(13)11(16)10(15)9(8)14;11-5-1-6(7(12)8(13)9(5)14)15-2-4(3-16)18-10(15)17;7-3-1-4(8)6(9)5(2-3)10(11)12;7-3-1-4(8)6(9)5(10)2-3;7-4-1-2-5(8)6(9)3-4/h1-6H,7H2,(H,19,20);1-7H,8H2,(H,18,19);2,6H,3-4H2,1H3,(H,17,19);1,4,16H,2-3H2;1-2H;1-2H,10H2;1-3H/t;;6-;4-;;;/m..01.../s1. The average Bonchev–Trinajstić information content (AvgIpc) is 1.72. The number of nitrogens with zero attached hydrogens (tertiary/aromatic N) is 3. The Hall–Kier alpha value is -10.6. The molecule has 2 fully saturated rings. The third-order valence-electron chi connectivity index (χ3n) is 13.3. The number of hydrogen-bond donors (Lipinski definition) is 5. The normalized spacial score (nSPS) is 13.0. The second-order valence-corrected chi connectivity index (χ2v) is 24.5. The van der Waals surface area contributed by atoms with Crippen LogP contribution in [0.2, 0.25) is 0 Å². The van der Waals surface area contributed by atoms with Crippen molar-refractivity contribution in [2.45, 2.75) is 32.3 Å². The Bertz CT molecular complexity index is 4850. The first-order chi connectivity index (χ1) is 52.1. The molecular weight excluding hydrogens is 1890 g/mol. The molecule has 0 bridgehead atoms. The summed E-state index contributed by atoms with van der Waals surface area (Å²) in [6.45, 7) is 0.531. The van der Waals surface area contributed by atoms with Crippen molar-refractivity contribution in [3.05, 3.63) is 288 Å². The number of aliphatic hydroxyl groups is 1. The van der Waals surface area contributed by atoms with Crippen LogP contribution in [0, 0.1) is 143 Å². The van der Waals surface area contributed by atoms with Gasteiger partial charge in [-0.05, 0) is 97.1 Å². The smallest absolute Gasteiger partial charge is 0.414 e. The van der Waals surface area contributed by atoms with E-state index in [1.165, 1.54) is 74.7 Å². The van der Waals surface area contributed by atoms with Crippen LogP contribution in [-0.2, 0) is 37.0 Å². The predicted molar refractivity (Wildman–Crippen MR) is 375 cm³/mol. The van der Waals surface area contributed by atoms with Crippen molar-refractivity contribution in [1.82, 2.24) is 5.32 Å². The summed E-state index contributed by atoms with van der Waals surface area (Å²) in [4.78, 5) is 67.1. The second-order valence-electron chi connectivity index (χ2n) is 21.3. The zero-order chi connectivity index (χ0) is 83.0. The fourth-order valence-corrected chi connectivity index (χ4v) is 9.36. The fraction of sp³-hybridized carbons (Fsp3) is 0.132. The molecule has 0 radical (unpaired) electrons. The number of amides is 5. The van der Waals surface area contributed by atoms with E-state index in [-0.39, 0.29) is 44.8 Å². The maximum Gasteiger partial charge on any atom is 0.414 e. The Morgan fingerprint density at radius 1 is 0.477 bits per heavy atom. The van der Waals surface area contributed by atoms with Gasteiger partial charge in [0, 0.05) is 55.5 Å². The van der Waals surface area contributed by atoms with E-state index in [2.05, 4.69) is 10.1 Å². The van der Waals surface area contributed by atoms with Gasteiger partial charge in [0.05, 0.1) is 76.4 Å². The van der Waals surface area contributed by atoms with Crippen molar-refractivity contribution >= 4 is 132 Å². The Morgan fingerprint density at radius 2 is 0.874 bits per heavy atom. The van der Waals surface area contributed by atoms with Crippen molar-refractivity contribution in [1.29, 1.82) is 0 Å². The molecule has 2 aliphatic rings. The van der Waals surface area contributed by atoms with Crippen molar-refractivity contribution in [2.75, 3.05) is 52.4 Å². The van der Waals surface area contributed by atoms with Gasteiger partial charge in [0.2, 0.25) is 11.7 Å². The molecule has 2 aliphatic heterocycles. The Balaban J connectivity index is 0.000000236. The van der Waals surface area contributed by atoms with Crippen molar-refractivity contribution in [3.8, 4) is 0 Å². The van der Waals surface area contributed by atoms with Crippen molar-refractivity contribution in [2.24, 2.45) is 0 Å². The number of nitro groups is 1. The number of nitro benzene ring substituents is 1. The van der Waals surface area contributed by atoms with Crippen molar-refractivity contribution in [3.63, 3.8) is 0 Å². The van der Waals surface area contributed by atoms with Gasteiger partial charge in [-0.15, -0.1) is 0 Å². The summed E-state index contributed by atoms with van der Waals surface area (Å²) < 4.78 is 288. The highest BCUT2D eigenvalue weighted by Crippen LogP contribution is 2.33. The number of ether oxygens (including phenoxy) is 4. The van der Waals surface area contributed by atoms with E-state index in [9.17, 15) is 126 Å². The van der Waals surface area contributed by atoms with Crippen LogP contribution in [0.1, 0.15) is 18.1 Å². The molecule has 19 nitrogen and oxygen atoms in total. The van der Waals surface area contributed by atoms with Gasteiger partial charge in [0.1, 0.15) is 66.1 Å². The first-order valence-electron chi connectivity index (χ1n) is 29.8. The number of aliphatic hydroxyl groups excluding tert-OH is 1. The molecule has 2 heterocycles. The molecular formula is C68H45F21I3N7O12. The third-order valence-corrected chi connectivity index (χ3v) is 16.3. The lowest BCUT2D eigenvalue weighted by atomic mass is 10.2. The van der Waals surface area contributed by atoms with E-state index in [0.717, 1.165) is 51.3 Å². The van der Waals surface area contributed by atoms with E-state index < -0.39 is 215 Å². The predicted octanol–water partition coefficient (Wildman–Crippen LogP) is 18.3. The number of cyclic esters (lactones) is 2. The molecule has 0 aromatic heterocycles. The molecule has 0 saturated carbocycles. The molecule has 9 aromatic carbocycles. The first-order valence-corrected chi connectivity index (χ1v) is 33.1. The molecule has 2 atom stereocenters. The van der Waals surface area contributed by atoms with Crippen LogP contribution in [0.15, 0.2) is 133 Å². The molecule has 11 rings (SSSR count). The summed E-state index contributed by atoms with van der Waals surface area (Å²) in [5.74, 6) is -25.7. The highest BCUT2D eigenvalue weighted by molar-refractivity contribution is 14.1. The number of rotatable bonds is 12. The largest absolute Gasteiger partial charge is 0.444 e. The summed E-state index contributed by atoms with van der Waals surface area (Å²) >= 11 is 3.99. The summed E-state index contributed by atoms with van der Waals surface area (Å²) in [6.07, 6.45) is -5.43. The van der Waals surface area contributed by atoms with Crippen molar-refractivity contribution < 1.29 is 145 Å². The maximum atomic E-state index is 13.8. The lowest BCUT2D eigenvalue weighted by Gasteiger charge is -2.15. The van der Waals surface area contributed by atoms with Gasteiger partial charge in [-0.2, -0.15) is 4.39 Å². The Morgan fingerprint density at radius 3 is 1.30 bits per heavy atom. The minimum atomic E-state index is -1.65. The molecule has 0 unspecified atom stereocenters. The Labute approximate surface area is 651 Å². The number of benzene rings is 9. The highest BCUT2D eigenvalue weighted by Gasteiger charge is 2.37. The molecule has 43 heteroatoms. The zero-order valence-electron chi connectivity index (χ0n) is 55.0. The number of carbonyl (C=O) groups is 5. The van der Waals surface area contributed by atoms with Crippen LogP contribution in [0.25, 0.3) is 0 Å². The number of anilines is 5. The Kier molecular flexibility index (Phi) is 34.9. The van der Waals surface area contributed by atoms with E-state index in [1.807, 2.05) is 10.6 Å². The maximum absolute atomic E-state index is 13.8. The summed E-state index contributed by atoms with van der Waals surface area (Å²) in [5, 5.41) is 25.1. The van der Waals surface area contributed by atoms with E-state index in [1.54, 1.807) is 60.7 Å². The number of carbonyl (C=O) groups excluding carboxylic acids is 5. The molecule has 5 amide bonds. The van der Waals surface area contributed by atoms with Gasteiger partial charge >= 0.3 is 30.1 Å². The van der Waals surface area contributed by atoms with Crippen LogP contribution < -0.4 is 31.5 Å². The van der Waals surface area contributed by atoms with Gasteiger partial charge in [-0.25, -0.2) is 107 Å². The summed E-state index contributed by atoms with van der Waals surface area (Å²) in [6, 6.07) is 24.6. The van der Waals surface area contributed by atoms with Gasteiger partial charge in [-0.1, -0.05) is 60.7 Å². The van der Waals surface area contributed by atoms with E-state index >= 15 is 0 Å². The van der Waals surface area contributed by atoms with Gasteiger partial charge in [0.15, 0.2) is 75.6 Å². The van der Waals surface area contributed by atoms with Crippen LogP contribution in [0.3, 0.4) is 0 Å². The van der Waals surface area contributed by atoms with Crippen LogP contribution in [-0.4, -0.2) is 78.8 Å². The third kappa shape index (κ3) is 26.9.